The van der Waals surface area contributed by atoms with Gasteiger partial charge in [0, 0.05) is 17.3 Å². The molecule has 1 aliphatic rings. The standard InChI is InChI=1S/C17H18N2/c1-12-4-5-13(2)17(8-12)16(11-19-3)9-15(10-18)14-6-7-14/h4-5,8-9,11,14H,3,6-7H2,1-2H3/b15-9-,16-11+. The SMILES string of the molecule is C=N/C=C(\C=C(\C#N)C1CC1)c1cc(C)ccc1C. The van der Waals surface area contributed by atoms with Crippen LogP contribution in [0.5, 0.6) is 0 Å². The average Bonchev–Trinajstić information content (AvgIpc) is 3.22. The number of rotatable bonds is 4. The monoisotopic (exact) mass is 250 g/mol. The number of hydrogen-bond acceptors (Lipinski definition) is 2. The Hall–Kier alpha value is -2.14. The van der Waals surface area contributed by atoms with Crippen molar-refractivity contribution in [2.45, 2.75) is 26.7 Å². The Morgan fingerprint density at radius 1 is 1.42 bits per heavy atom. The lowest BCUT2D eigenvalue weighted by Crippen LogP contribution is -1.91. The molecular weight excluding hydrogens is 232 g/mol. The van der Waals surface area contributed by atoms with Crippen LogP contribution < -0.4 is 0 Å². The van der Waals surface area contributed by atoms with Crippen molar-refractivity contribution in [3.05, 3.63) is 52.7 Å². The van der Waals surface area contributed by atoms with Crippen LogP contribution in [-0.4, -0.2) is 6.72 Å². The summed E-state index contributed by atoms with van der Waals surface area (Å²) >= 11 is 0. The zero-order valence-corrected chi connectivity index (χ0v) is 11.5. The van der Waals surface area contributed by atoms with E-state index < -0.39 is 0 Å². The Bertz CT molecular complexity index is 596. The van der Waals surface area contributed by atoms with Gasteiger partial charge >= 0.3 is 0 Å². The molecule has 0 aromatic heterocycles. The lowest BCUT2D eigenvalue weighted by Gasteiger charge is -2.08. The van der Waals surface area contributed by atoms with Gasteiger partial charge in [-0.3, -0.25) is 4.99 Å². The highest BCUT2D eigenvalue weighted by Gasteiger charge is 2.26. The molecule has 0 unspecified atom stereocenters. The van der Waals surface area contributed by atoms with E-state index in [-0.39, 0.29) is 0 Å². The number of hydrogen-bond donors (Lipinski definition) is 0. The first-order chi connectivity index (χ1) is 9.15. The van der Waals surface area contributed by atoms with E-state index in [0.717, 1.165) is 29.6 Å². The molecule has 0 amide bonds. The van der Waals surface area contributed by atoms with Crippen LogP contribution in [-0.2, 0) is 0 Å². The van der Waals surface area contributed by atoms with Crippen LogP contribution in [0.1, 0.15) is 29.5 Å². The third kappa shape index (κ3) is 3.20. The molecule has 0 saturated heterocycles. The smallest absolute Gasteiger partial charge is 0.0950 e. The van der Waals surface area contributed by atoms with Gasteiger partial charge in [-0.05, 0) is 56.5 Å². The molecule has 0 atom stereocenters. The largest absolute Gasteiger partial charge is 0.272 e. The van der Waals surface area contributed by atoms with E-state index in [9.17, 15) is 5.26 Å². The summed E-state index contributed by atoms with van der Waals surface area (Å²) in [6, 6.07) is 8.63. The lowest BCUT2D eigenvalue weighted by atomic mass is 9.96. The van der Waals surface area contributed by atoms with E-state index in [0.29, 0.717) is 5.92 Å². The van der Waals surface area contributed by atoms with Crippen molar-refractivity contribution >= 4 is 12.3 Å². The van der Waals surface area contributed by atoms with Gasteiger partial charge in [0.2, 0.25) is 0 Å². The van der Waals surface area contributed by atoms with Crippen molar-refractivity contribution in [3.63, 3.8) is 0 Å². The van der Waals surface area contributed by atoms with Gasteiger partial charge in [0.15, 0.2) is 0 Å². The van der Waals surface area contributed by atoms with Gasteiger partial charge in [-0.2, -0.15) is 5.26 Å². The van der Waals surface area contributed by atoms with E-state index in [2.05, 4.69) is 49.8 Å². The summed E-state index contributed by atoms with van der Waals surface area (Å²) in [6.45, 7) is 7.67. The zero-order chi connectivity index (χ0) is 13.8. The van der Waals surface area contributed by atoms with Crippen LogP contribution in [0.15, 0.2) is 41.0 Å². The molecule has 0 heterocycles. The minimum absolute atomic E-state index is 0.448. The molecule has 0 aliphatic heterocycles. The Morgan fingerprint density at radius 2 is 2.16 bits per heavy atom. The summed E-state index contributed by atoms with van der Waals surface area (Å²) in [7, 11) is 0. The maximum absolute atomic E-state index is 9.23. The molecule has 19 heavy (non-hydrogen) atoms. The maximum Gasteiger partial charge on any atom is 0.0950 e. The van der Waals surface area contributed by atoms with Gasteiger partial charge < -0.3 is 0 Å². The van der Waals surface area contributed by atoms with Gasteiger partial charge in [-0.25, -0.2) is 0 Å². The minimum Gasteiger partial charge on any atom is -0.272 e. The quantitative estimate of drug-likeness (QED) is 0.448. The molecule has 1 aliphatic carbocycles. The molecule has 2 rings (SSSR count). The second kappa shape index (κ2) is 5.67. The van der Waals surface area contributed by atoms with Crippen LogP contribution in [0.2, 0.25) is 0 Å². The van der Waals surface area contributed by atoms with Gasteiger partial charge in [0.05, 0.1) is 6.07 Å². The fraction of sp³-hybridized carbons (Fsp3) is 0.294. The van der Waals surface area contributed by atoms with Crippen molar-refractivity contribution in [2.75, 3.05) is 0 Å². The van der Waals surface area contributed by atoms with E-state index in [1.54, 1.807) is 6.20 Å². The van der Waals surface area contributed by atoms with Crippen LogP contribution >= 0.6 is 0 Å². The van der Waals surface area contributed by atoms with E-state index in [1.165, 1.54) is 11.1 Å². The number of aryl methyl sites for hydroxylation is 2. The van der Waals surface area contributed by atoms with Gasteiger partial charge in [0.25, 0.3) is 0 Å². The highest BCUT2D eigenvalue weighted by molar-refractivity contribution is 5.78. The van der Waals surface area contributed by atoms with Gasteiger partial charge in [0.1, 0.15) is 0 Å². The number of benzene rings is 1. The summed E-state index contributed by atoms with van der Waals surface area (Å²) < 4.78 is 0. The predicted molar refractivity (Wildman–Crippen MR) is 79.9 cm³/mol. The second-order valence-corrected chi connectivity index (χ2v) is 5.07. The van der Waals surface area contributed by atoms with E-state index in [1.807, 2.05) is 6.08 Å². The highest BCUT2D eigenvalue weighted by atomic mass is 14.6. The lowest BCUT2D eigenvalue weighted by molar-refractivity contribution is 1.06. The van der Waals surface area contributed by atoms with Crippen molar-refractivity contribution in [3.8, 4) is 6.07 Å². The fourth-order valence-electron chi connectivity index (χ4n) is 2.13. The molecular formula is C17H18N2. The zero-order valence-electron chi connectivity index (χ0n) is 11.5. The van der Waals surface area contributed by atoms with Crippen LogP contribution in [0.25, 0.3) is 5.57 Å². The van der Waals surface area contributed by atoms with E-state index in [4.69, 9.17) is 0 Å². The number of aliphatic imine (C=N–C) groups is 1. The Balaban J connectivity index is 2.46. The first kappa shape index (κ1) is 13.3. The summed E-state index contributed by atoms with van der Waals surface area (Å²) in [4.78, 5) is 3.88. The van der Waals surface area contributed by atoms with Crippen molar-refractivity contribution < 1.29 is 0 Å². The van der Waals surface area contributed by atoms with Gasteiger partial charge in [-0.1, -0.05) is 23.8 Å². The van der Waals surface area contributed by atoms with Gasteiger partial charge in [-0.15, -0.1) is 0 Å². The first-order valence-electron chi connectivity index (χ1n) is 6.51. The molecule has 0 radical (unpaired) electrons. The molecule has 0 spiro atoms. The van der Waals surface area contributed by atoms with Crippen molar-refractivity contribution in [1.82, 2.24) is 0 Å². The summed E-state index contributed by atoms with van der Waals surface area (Å²) in [5.74, 6) is 0.448. The fourth-order valence-corrected chi connectivity index (χ4v) is 2.13. The van der Waals surface area contributed by atoms with Crippen LogP contribution in [0, 0.1) is 31.1 Å². The molecule has 1 fully saturated rings. The third-order valence-electron chi connectivity index (χ3n) is 3.39. The number of nitriles is 1. The summed E-state index contributed by atoms with van der Waals surface area (Å²) in [6.07, 6.45) is 5.96. The highest BCUT2D eigenvalue weighted by Crippen LogP contribution is 2.37. The molecule has 0 N–H and O–H groups in total. The molecule has 1 aromatic carbocycles. The second-order valence-electron chi connectivity index (χ2n) is 5.07. The average molecular weight is 250 g/mol. The van der Waals surface area contributed by atoms with Crippen molar-refractivity contribution in [2.24, 2.45) is 10.9 Å². The van der Waals surface area contributed by atoms with Crippen molar-refractivity contribution in [1.29, 1.82) is 5.26 Å². The van der Waals surface area contributed by atoms with Crippen LogP contribution in [0.4, 0.5) is 0 Å². The summed E-state index contributed by atoms with van der Waals surface area (Å²) in [5.41, 5.74) is 5.34. The molecule has 2 heteroatoms. The third-order valence-corrected chi connectivity index (χ3v) is 3.39. The first-order valence-corrected chi connectivity index (χ1v) is 6.51. The topological polar surface area (TPSA) is 36.1 Å². The Kier molecular flexibility index (Phi) is 3.97. The Labute approximate surface area is 114 Å². The predicted octanol–water partition coefficient (Wildman–Crippen LogP) is 4.20. The van der Waals surface area contributed by atoms with Crippen LogP contribution in [0.3, 0.4) is 0 Å². The Morgan fingerprint density at radius 3 is 2.74 bits per heavy atom. The normalized spacial score (nSPS) is 16.1. The number of nitrogens with zero attached hydrogens (tertiary/aromatic N) is 2. The number of allylic oxidation sites excluding steroid dienone is 3. The maximum atomic E-state index is 9.23. The molecule has 2 nitrogen and oxygen atoms in total. The molecule has 96 valence electrons. The van der Waals surface area contributed by atoms with E-state index >= 15 is 0 Å². The molecule has 1 saturated carbocycles. The minimum atomic E-state index is 0.448. The summed E-state index contributed by atoms with van der Waals surface area (Å²) in [5, 5.41) is 9.23. The molecule has 1 aromatic rings. The molecule has 0 bridgehead atoms.